The standard InChI is InChI=1S/C12H21N3O2/c1-2-10-11(16)13-6-9-15(10)12(17)14-7-4-3-5-8-14/h10H,2-9H2,1H3,(H,13,16). The molecule has 5 heteroatoms. The van der Waals surface area contributed by atoms with E-state index in [0.29, 0.717) is 19.5 Å². The second-order valence-electron chi connectivity index (χ2n) is 4.74. The summed E-state index contributed by atoms with van der Waals surface area (Å²) >= 11 is 0. The Bertz CT molecular complexity index is 300. The molecule has 0 aromatic heterocycles. The maximum Gasteiger partial charge on any atom is 0.320 e. The fourth-order valence-corrected chi connectivity index (χ4v) is 2.62. The SMILES string of the molecule is CCC1C(=O)NCCN1C(=O)N1CCCCC1. The molecule has 0 saturated carbocycles. The van der Waals surface area contributed by atoms with Gasteiger partial charge in [-0.3, -0.25) is 4.79 Å². The molecule has 0 spiro atoms. The number of hydrogen-bond donors (Lipinski definition) is 1. The molecule has 1 atom stereocenters. The third-order valence-electron chi connectivity index (χ3n) is 3.59. The molecule has 2 aliphatic heterocycles. The highest BCUT2D eigenvalue weighted by Gasteiger charge is 2.34. The van der Waals surface area contributed by atoms with Gasteiger partial charge in [0.25, 0.3) is 0 Å². The van der Waals surface area contributed by atoms with Crippen LogP contribution in [0.3, 0.4) is 0 Å². The van der Waals surface area contributed by atoms with Gasteiger partial charge in [-0.1, -0.05) is 6.92 Å². The number of rotatable bonds is 1. The van der Waals surface area contributed by atoms with Crippen molar-refractivity contribution < 1.29 is 9.59 Å². The van der Waals surface area contributed by atoms with Crippen molar-refractivity contribution in [2.75, 3.05) is 26.2 Å². The first-order chi connectivity index (χ1) is 8.24. The van der Waals surface area contributed by atoms with E-state index in [0.717, 1.165) is 25.9 Å². The van der Waals surface area contributed by atoms with Crippen molar-refractivity contribution in [3.05, 3.63) is 0 Å². The van der Waals surface area contributed by atoms with Gasteiger partial charge in [0.2, 0.25) is 5.91 Å². The molecule has 96 valence electrons. The van der Waals surface area contributed by atoms with Crippen molar-refractivity contribution in [2.24, 2.45) is 0 Å². The van der Waals surface area contributed by atoms with Crippen LogP contribution in [0.1, 0.15) is 32.6 Å². The van der Waals surface area contributed by atoms with Gasteiger partial charge in [-0.2, -0.15) is 0 Å². The smallest absolute Gasteiger partial charge is 0.320 e. The van der Waals surface area contributed by atoms with E-state index in [-0.39, 0.29) is 18.0 Å². The molecule has 3 amide bonds. The molecule has 5 nitrogen and oxygen atoms in total. The minimum atomic E-state index is -0.279. The molecule has 0 aromatic carbocycles. The van der Waals surface area contributed by atoms with Crippen LogP contribution in [0.25, 0.3) is 0 Å². The summed E-state index contributed by atoms with van der Waals surface area (Å²) in [6.45, 7) is 4.85. The zero-order valence-corrected chi connectivity index (χ0v) is 10.4. The first-order valence-corrected chi connectivity index (χ1v) is 6.57. The third-order valence-corrected chi connectivity index (χ3v) is 3.59. The topological polar surface area (TPSA) is 52.7 Å². The number of nitrogens with one attached hydrogen (secondary N) is 1. The lowest BCUT2D eigenvalue weighted by atomic mass is 10.1. The average Bonchev–Trinajstić information content (AvgIpc) is 2.38. The highest BCUT2D eigenvalue weighted by atomic mass is 16.2. The second-order valence-corrected chi connectivity index (χ2v) is 4.74. The van der Waals surface area contributed by atoms with E-state index in [2.05, 4.69) is 5.32 Å². The summed E-state index contributed by atoms with van der Waals surface area (Å²) in [6, 6.07) is -0.232. The Morgan fingerprint density at radius 3 is 2.65 bits per heavy atom. The molecule has 0 radical (unpaired) electrons. The van der Waals surface area contributed by atoms with E-state index in [1.807, 2.05) is 11.8 Å². The van der Waals surface area contributed by atoms with Crippen LogP contribution in [0, 0.1) is 0 Å². The zero-order chi connectivity index (χ0) is 12.3. The van der Waals surface area contributed by atoms with Gasteiger partial charge >= 0.3 is 6.03 Å². The summed E-state index contributed by atoms with van der Waals surface area (Å²) in [7, 11) is 0. The van der Waals surface area contributed by atoms with Gasteiger partial charge in [-0.05, 0) is 25.7 Å². The third kappa shape index (κ3) is 2.53. The van der Waals surface area contributed by atoms with Gasteiger partial charge in [0.15, 0.2) is 0 Å². The Morgan fingerprint density at radius 1 is 1.29 bits per heavy atom. The highest BCUT2D eigenvalue weighted by Crippen LogP contribution is 2.15. The normalized spacial score (nSPS) is 25.7. The van der Waals surface area contributed by atoms with E-state index in [1.54, 1.807) is 4.90 Å². The van der Waals surface area contributed by atoms with Gasteiger partial charge in [-0.15, -0.1) is 0 Å². The quantitative estimate of drug-likeness (QED) is 0.736. The number of piperazine rings is 1. The minimum Gasteiger partial charge on any atom is -0.353 e. The fourth-order valence-electron chi connectivity index (χ4n) is 2.62. The predicted octanol–water partition coefficient (Wildman–Crippen LogP) is 0.803. The number of hydrogen-bond acceptors (Lipinski definition) is 2. The van der Waals surface area contributed by atoms with Crippen molar-refractivity contribution in [3.63, 3.8) is 0 Å². The van der Waals surface area contributed by atoms with E-state index in [4.69, 9.17) is 0 Å². The molecular weight excluding hydrogens is 218 g/mol. The van der Waals surface area contributed by atoms with Crippen molar-refractivity contribution in [1.82, 2.24) is 15.1 Å². The molecule has 2 aliphatic rings. The van der Waals surface area contributed by atoms with Gasteiger partial charge in [0.1, 0.15) is 6.04 Å². The lowest BCUT2D eigenvalue weighted by Gasteiger charge is -2.39. The molecular formula is C12H21N3O2. The van der Waals surface area contributed by atoms with Gasteiger partial charge in [0, 0.05) is 26.2 Å². The number of nitrogens with zero attached hydrogens (tertiary/aromatic N) is 2. The average molecular weight is 239 g/mol. The Labute approximate surface area is 102 Å². The maximum atomic E-state index is 12.3. The lowest BCUT2D eigenvalue weighted by molar-refractivity contribution is -0.128. The lowest BCUT2D eigenvalue weighted by Crippen LogP contribution is -2.60. The predicted molar refractivity (Wildman–Crippen MR) is 64.6 cm³/mol. The number of amides is 3. The number of likely N-dealkylation sites (tertiary alicyclic amines) is 1. The van der Waals surface area contributed by atoms with E-state index < -0.39 is 0 Å². The number of urea groups is 1. The largest absolute Gasteiger partial charge is 0.353 e. The molecule has 2 rings (SSSR count). The zero-order valence-electron chi connectivity index (χ0n) is 10.4. The van der Waals surface area contributed by atoms with Crippen LogP contribution in [-0.2, 0) is 4.79 Å². The van der Waals surface area contributed by atoms with E-state index in [9.17, 15) is 9.59 Å². The highest BCUT2D eigenvalue weighted by molar-refractivity contribution is 5.88. The molecule has 17 heavy (non-hydrogen) atoms. The molecule has 0 bridgehead atoms. The van der Waals surface area contributed by atoms with Crippen LogP contribution >= 0.6 is 0 Å². The van der Waals surface area contributed by atoms with Gasteiger partial charge in [0.05, 0.1) is 0 Å². The molecule has 0 aromatic rings. The van der Waals surface area contributed by atoms with Crippen molar-refractivity contribution in [3.8, 4) is 0 Å². The molecule has 1 N–H and O–H groups in total. The Hall–Kier alpha value is -1.26. The van der Waals surface area contributed by atoms with Crippen LogP contribution in [0.2, 0.25) is 0 Å². The van der Waals surface area contributed by atoms with Crippen LogP contribution in [-0.4, -0.2) is 54.0 Å². The summed E-state index contributed by atoms with van der Waals surface area (Å²) in [6.07, 6.45) is 4.07. The summed E-state index contributed by atoms with van der Waals surface area (Å²) in [5.41, 5.74) is 0. The van der Waals surface area contributed by atoms with Gasteiger partial charge < -0.3 is 15.1 Å². The van der Waals surface area contributed by atoms with Crippen molar-refractivity contribution in [1.29, 1.82) is 0 Å². The summed E-state index contributed by atoms with van der Waals surface area (Å²) in [5.74, 6) is -0.0101. The monoisotopic (exact) mass is 239 g/mol. The van der Waals surface area contributed by atoms with Crippen LogP contribution < -0.4 is 5.32 Å². The van der Waals surface area contributed by atoms with Crippen LogP contribution in [0.4, 0.5) is 4.79 Å². The molecule has 2 saturated heterocycles. The fraction of sp³-hybridized carbons (Fsp3) is 0.833. The summed E-state index contributed by atoms with van der Waals surface area (Å²) < 4.78 is 0. The molecule has 0 aliphatic carbocycles. The van der Waals surface area contributed by atoms with E-state index in [1.165, 1.54) is 6.42 Å². The molecule has 2 fully saturated rings. The summed E-state index contributed by atoms with van der Waals surface area (Å²) in [4.78, 5) is 27.7. The van der Waals surface area contributed by atoms with Crippen LogP contribution in [0.15, 0.2) is 0 Å². The number of carbonyl (C=O) groups is 2. The Kier molecular flexibility index (Phi) is 3.86. The van der Waals surface area contributed by atoms with E-state index >= 15 is 0 Å². The van der Waals surface area contributed by atoms with Crippen LogP contribution in [0.5, 0.6) is 0 Å². The Morgan fingerprint density at radius 2 is 2.00 bits per heavy atom. The number of carbonyl (C=O) groups excluding carboxylic acids is 2. The maximum absolute atomic E-state index is 12.3. The Balaban J connectivity index is 2.03. The summed E-state index contributed by atoms with van der Waals surface area (Å²) in [5, 5.41) is 2.82. The molecule has 2 heterocycles. The van der Waals surface area contributed by atoms with Crippen molar-refractivity contribution >= 4 is 11.9 Å². The molecule has 1 unspecified atom stereocenters. The minimum absolute atomic E-state index is 0.0101. The van der Waals surface area contributed by atoms with Gasteiger partial charge in [-0.25, -0.2) is 4.79 Å². The number of piperidine rings is 1. The second kappa shape index (κ2) is 5.38. The first-order valence-electron chi connectivity index (χ1n) is 6.57. The van der Waals surface area contributed by atoms with Crippen molar-refractivity contribution in [2.45, 2.75) is 38.6 Å². The first kappa shape index (κ1) is 12.2.